The van der Waals surface area contributed by atoms with Gasteiger partial charge in [0.2, 0.25) is 0 Å². The van der Waals surface area contributed by atoms with E-state index in [2.05, 4.69) is 53.5 Å². The molecule has 0 saturated heterocycles. The number of benzene rings is 2. The Hall–Kier alpha value is -2.00. The molecule has 0 saturated carbocycles. The van der Waals surface area contributed by atoms with Gasteiger partial charge < -0.3 is 4.90 Å². The van der Waals surface area contributed by atoms with E-state index in [0.29, 0.717) is 5.02 Å². The van der Waals surface area contributed by atoms with Crippen molar-refractivity contribution in [2.24, 2.45) is 5.10 Å². The summed E-state index contributed by atoms with van der Waals surface area (Å²) in [6.45, 7) is 6.34. The molecule has 0 radical (unpaired) electrons. The highest BCUT2D eigenvalue weighted by molar-refractivity contribution is 6.33. The molecule has 0 bridgehead atoms. The maximum absolute atomic E-state index is 6.05. The summed E-state index contributed by atoms with van der Waals surface area (Å²) in [5.74, 6) is 0. The standard InChI is InChI=1S/C17H20ClN3/c1-3-21(4-2)15-11-9-14(10-12-15)13-19-20-17-8-6-5-7-16(17)18/h5-13,20H,3-4H2,1-2H3/b19-13-. The van der Waals surface area contributed by atoms with Crippen LogP contribution in [0.1, 0.15) is 19.4 Å². The SMILES string of the molecule is CCN(CC)c1ccc(/C=N\Nc2ccccc2Cl)cc1. The zero-order valence-electron chi connectivity index (χ0n) is 12.4. The monoisotopic (exact) mass is 301 g/mol. The van der Waals surface area contributed by atoms with E-state index in [1.165, 1.54) is 5.69 Å². The topological polar surface area (TPSA) is 27.6 Å². The second-order valence-corrected chi connectivity index (χ2v) is 5.02. The minimum Gasteiger partial charge on any atom is -0.372 e. The zero-order chi connectivity index (χ0) is 15.1. The summed E-state index contributed by atoms with van der Waals surface area (Å²) < 4.78 is 0. The third-order valence-electron chi connectivity index (χ3n) is 3.29. The summed E-state index contributed by atoms with van der Waals surface area (Å²) in [5.41, 5.74) is 6.03. The van der Waals surface area contributed by atoms with Crippen LogP contribution < -0.4 is 10.3 Å². The molecule has 3 nitrogen and oxygen atoms in total. The molecule has 2 aromatic carbocycles. The summed E-state index contributed by atoms with van der Waals surface area (Å²) in [6.07, 6.45) is 1.79. The van der Waals surface area contributed by atoms with Crippen LogP contribution in [0.5, 0.6) is 0 Å². The molecular weight excluding hydrogens is 282 g/mol. The van der Waals surface area contributed by atoms with Crippen molar-refractivity contribution >= 4 is 29.2 Å². The van der Waals surface area contributed by atoms with Crippen LogP contribution in [0.15, 0.2) is 53.6 Å². The molecule has 110 valence electrons. The van der Waals surface area contributed by atoms with Crippen LogP contribution in [0.3, 0.4) is 0 Å². The van der Waals surface area contributed by atoms with E-state index in [4.69, 9.17) is 11.6 Å². The number of anilines is 2. The quantitative estimate of drug-likeness (QED) is 0.622. The third kappa shape index (κ3) is 4.23. The Labute approximate surface area is 131 Å². The first kappa shape index (κ1) is 15.4. The summed E-state index contributed by atoms with van der Waals surface area (Å²) in [5, 5.41) is 4.87. The predicted octanol–water partition coefficient (Wildman–Crippen LogP) is 4.63. The first-order chi connectivity index (χ1) is 10.2. The summed E-state index contributed by atoms with van der Waals surface area (Å²) in [4.78, 5) is 2.31. The highest BCUT2D eigenvalue weighted by atomic mass is 35.5. The number of hydrogen-bond acceptors (Lipinski definition) is 3. The van der Waals surface area contributed by atoms with Gasteiger partial charge in [0.25, 0.3) is 0 Å². The molecule has 1 N–H and O–H groups in total. The molecule has 0 atom stereocenters. The average Bonchev–Trinajstić information content (AvgIpc) is 2.52. The molecule has 0 heterocycles. The fourth-order valence-electron chi connectivity index (χ4n) is 2.09. The molecule has 0 amide bonds. The number of halogens is 1. The minimum atomic E-state index is 0.659. The van der Waals surface area contributed by atoms with Gasteiger partial charge in [0.05, 0.1) is 16.9 Å². The van der Waals surface area contributed by atoms with E-state index in [-0.39, 0.29) is 0 Å². The van der Waals surface area contributed by atoms with Gasteiger partial charge in [0.1, 0.15) is 0 Å². The average molecular weight is 302 g/mol. The molecule has 0 aliphatic carbocycles. The zero-order valence-corrected chi connectivity index (χ0v) is 13.1. The van der Waals surface area contributed by atoms with E-state index in [1.807, 2.05) is 24.3 Å². The Morgan fingerprint density at radius 2 is 1.71 bits per heavy atom. The number of rotatable bonds is 6. The van der Waals surface area contributed by atoms with Crippen molar-refractivity contribution in [2.75, 3.05) is 23.4 Å². The normalized spacial score (nSPS) is 10.8. The first-order valence-corrected chi connectivity index (χ1v) is 7.51. The van der Waals surface area contributed by atoms with E-state index in [1.54, 1.807) is 6.21 Å². The summed E-state index contributed by atoms with van der Waals surface area (Å²) >= 11 is 6.05. The number of para-hydroxylation sites is 1. The van der Waals surface area contributed by atoms with Crippen LogP contribution >= 0.6 is 11.6 Å². The summed E-state index contributed by atoms with van der Waals surface area (Å²) in [6, 6.07) is 15.9. The highest BCUT2D eigenvalue weighted by Gasteiger charge is 2.00. The van der Waals surface area contributed by atoms with Gasteiger partial charge in [0.15, 0.2) is 0 Å². The lowest BCUT2D eigenvalue weighted by molar-refractivity contribution is 0.866. The molecule has 2 aromatic rings. The fraction of sp³-hybridized carbons (Fsp3) is 0.235. The smallest absolute Gasteiger partial charge is 0.0748 e. The number of hydrogen-bond donors (Lipinski definition) is 1. The Balaban J connectivity index is 2.00. The van der Waals surface area contributed by atoms with Crippen molar-refractivity contribution in [3.8, 4) is 0 Å². The van der Waals surface area contributed by atoms with Crippen molar-refractivity contribution in [1.29, 1.82) is 0 Å². The Bertz CT molecular complexity index is 589. The third-order valence-corrected chi connectivity index (χ3v) is 3.62. The van der Waals surface area contributed by atoms with E-state index in [0.717, 1.165) is 24.3 Å². The number of nitrogens with zero attached hydrogens (tertiary/aromatic N) is 2. The Kier molecular flexibility index (Phi) is 5.64. The van der Waals surface area contributed by atoms with Gasteiger partial charge in [0, 0.05) is 18.8 Å². The lowest BCUT2D eigenvalue weighted by Gasteiger charge is -2.20. The largest absolute Gasteiger partial charge is 0.372 e. The molecule has 0 aliphatic heterocycles. The molecule has 0 fully saturated rings. The Morgan fingerprint density at radius 1 is 1.05 bits per heavy atom. The van der Waals surface area contributed by atoms with Gasteiger partial charge in [-0.3, -0.25) is 5.43 Å². The fourth-order valence-corrected chi connectivity index (χ4v) is 2.27. The molecule has 4 heteroatoms. The molecule has 2 rings (SSSR count). The van der Waals surface area contributed by atoms with Crippen molar-refractivity contribution in [3.63, 3.8) is 0 Å². The maximum Gasteiger partial charge on any atom is 0.0748 e. The molecule has 21 heavy (non-hydrogen) atoms. The predicted molar refractivity (Wildman–Crippen MR) is 92.7 cm³/mol. The minimum absolute atomic E-state index is 0.659. The van der Waals surface area contributed by atoms with Gasteiger partial charge >= 0.3 is 0 Å². The number of nitrogens with one attached hydrogen (secondary N) is 1. The summed E-state index contributed by atoms with van der Waals surface area (Å²) in [7, 11) is 0. The molecule has 0 aliphatic rings. The van der Waals surface area contributed by atoms with Gasteiger partial charge in [-0.15, -0.1) is 0 Å². The lowest BCUT2D eigenvalue weighted by Crippen LogP contribution is -2.21. The lowest BCUT2D eigenvalue weighted by atomic mass is 10.2. The second-order valence-electron chi connectivity index (χ2n) is 4.61. The molecule has 0 unspecified atom stereocenters. The first-order valence-electron chi connectivity index (χ1n) is 7.13. The van der Waals surface area contributed by atoms with Crippen LogP contribution in [-0.4, -0.2) is 19.3 Å². The van der Waals surface area contributed by atoms with Crippen molar-refractivity contribution < 1.29 is 0 Å². The molecular formula is C17H20ClN3. The number of hydrazone groups is 1. The van der Waals surface area contributed by atoms with Crippen molar-refractivity contribution in [3.05, 3.63) is 59.1 Å². The second kappa shape index (κ2) is 7.70. The van der Waals surface area contributed by atoms with Gasteiger partial charge in [-0.1, -0.05) is 35.9 Å². The molecule has 0 spiro atoms. The molecule has 0 aromatic heterocycles. The van der Waals surface area contributed by atoms with E-state index in [9.17, 15) is 0 Å². The van der Waals surface area contributed by atoms with Crippen LogP contribution in [0.2, 0.25) is 5.02 Å². The van der Waals surface area contributed by atoms with E-state index < -0.39 is 0 Å². The van der Waals surface area contributed by atoms with E-state index >= 15 is 0 Å². The van der Waals surface area contributed by atoms with Crippen LogP contribution in [-0.2, 0) is 0 Å². The van der Waals surface area contributed by atoms with Crippen molar-refractivity contribution in [1.82, 2.24) is 0 Å². The van der Waals surface area contributed by atoms with Gasteiger partial charge in [-0.05, 0) is 43.7 Å². The Morgan fingerprint density at radius 3 is 2.33 bits per heavy atom. The van der Waals surface area contributed by atoms with Gasteiger partial charge in [-0.2, -0.15) is 5.10 Å². The van der Waals surface area contributed by atoms with Crippen LogP contribution in [0.25, 0.3) is 0 Å². The maximum atomic E-state index is 6.05. The van der Waals surface area contributed by atoms with Gasteiger partial charge in [-0.25, -0.2) is 0 Å². The van der Waals surface area contributed by atoms with Crippen LogP contribution in [0, 0.1) is 0 Å². The highest BCUT2D eigenvalue weighted by Crippen LogP contribution is 2.20. The van der Waals surface area contributed by atoms with Crippen LogP contribution in [0.4, 0.5) is 11.4 Å². The van der Waals surface area contributed by atoms with Crippen molar-refractivity contribution in [2.45, 2.75) is 13.8 Å².